The van der Waals surface area contributed by atoms with Crippen LogP contribution in [-0.2, 0) is 9.59 Å². The van der Waals surface area contributed by atoms with Crippen LogP contribution in [0.25, 0.3) is 0 Å². The topological polar surface area (TPSA) is 75.4 Å². The normalized spacial score (nSPS) is 18.9. The van der Waals surface area contributed by atoms with Crippen LogP contribution < -0.4 is 16.0 Å². The van der Waals surface area contributed by atoms with Crippen molar-refractivity contribution in [1.82, 2.24) is 5.32 Å². The number of thiocarbonyl (C=S) groups is 1. The van der Waals surface area contributed by atoms with E-state index in [1.165, 1.54) is 4.90 Å². The summed E-state index contributed by atoms with van der Waals surface area (Å²) in [6, 6.07) is 8.69. The minimum Gasteiger partial charge on any atom is -0.370 e. The fourth-order valence-corrected chi connectivity index (χ4v) is 2.17. The molecular formula is C12H13N3O2S. The van der Waals surface area contributed by atoms with Crippen molar-refractivity contribution in [2.75, 3.05) is 4.90 Å². The lowest BCUT2D eigenvalue weighted by Crippen LogP contribution is -2.31. The number of nitrogens with zero attached hydrogens (tertiary/aromatic N) is 1. The minimum absolute atomic E-state index is 0.146. The maximum Gasteiger partial charge on any atom is 0.255 e. The van der Waals surface area contributed by atoms with Crippen LogP contribution in [0.3, 0.4) is 0 Å². The maximum absolute atomic E-state index is 12.2. The third-order valence-electron chi connectivity index (χ3n) is 2.71. The highest BCUT2D eigenvalue weighted by atomic mass is 32.1. The van der Waals surface area contributed by atoms with Crippen molar-refractivity contribution in [3.05, 3.63) is 30.3 Å². The van der Waals surface area contributed by atoms with Crippen LogP contribution in [0.4, 0.5) is 5.69 Å². The number of nitrogens with one attached hydrogen (secondary N) is 1. The minimum atomic E-state index is -0.467. The number of nitrogens with two attached hydrogens (primary N) is 1. The predicted octanol–water partition coefficient (Wildman–Crippen LogP) is 0.542. The molecule has 1 aromatic rings. The summed E-state index contributed by atoms with van der Waals surface area (Å²) < 4.78 is 0. The molecule has 3 N–H and O–H groups in total. The average molecular weight is 263 g/mol. The van der Waals surface area contributed by atoms with Gasteiger partial charge in [0.15, 0.2) is 5.11 Å². The van der Waals surface area contributed by atoms with E-state index in [-0.39, 0.29) is 12.3 Å². The fraction of sp³-hybridized carbons (Fsp3) is 0.250. The zero-order valence-corrected chi connectivity index (χ0v) is 10.4. The van der Waals surface area contributed by atoms with Crippen LogP contribution in [0.5, 0.6) is 0 Å². The predicted molar refractivity (Wildman–Crippen MR) is 71.9 cm³/mol. The van der Waals surface area contributed by atoms with Gasteiger partial charge in [0.1, 0.15) is 6.04 Å². The van der Waals surface area contributed by atoms with Crippen molar-refractivity contribution < 1.29 is 9.59 Å². The summed E-state index contributed by atoms with van der Waals surface area (Å²) in [5.74, 6) is -0.568. The highest BCUT2D eigenvalue weighted by Crippen LogP contribution is 2.20. The second-order valence-corrected chi connectivity index (χ2v) is 4.40. The maximum atomic E-state index is 12.2. The van der Waals surface area contributed by atoms with E-state index >= 15 is 0 Å². The standard InChI is InChI=1S/C12H13N3O2S/c13-10(16)7-6-9-11(17)15(12(18)14-9)8-4-2-1-3-5-8/h1-5,9H,6-7H2,(H2,13,16)(H,14,18). The van der Waals surface area contributed by atoms with E-state index in [0.717, 1.165) is 5.69 Å². The van der Waals surface area contributed by atoms with Crippen LogP contribution in [0.1, 0.15) is 12.8 Å². The first kappa shape index (κ1) is 12.5. The molecular weight excluding hydrogens is 250 g/mol. The lowest BCUT2D eigenvalue weighted by Gasteiger charge is -2.14. The van der Waals surface area contributed by atoms with E-state index in [1.54, 1.807) is 0 Å². The second-order valence-electron chi connectivity index (χ2n) is 4.02. The summed E-state index contributed by atoms with van der Waals surface area (Å²) in [7, 11) is 0. The number of anilines is 1. The number of hydrogen-bond donors (Lipinski definition) is 2. The van der Waals surface area contributed by atoms with E-state index in [2.05, 4.69) is 5.32 Å². The van der Waals surface area contributed by atoms with Crippen molar-refractivity contribution in [1.29, 1.82) is 0 Å². The average Bonchev–Trinajstić information content (AvgIpc) is 2.63. The van der Waals surface area contributed by atoms with Crippen LogP contribution in [0.15, 0.2) is 30.3 Å². The molecule has 1 saturated heterocycles. The first-order valence-electron chi connectivity index (χ1n) is 5.57. The number of amides is 2. The Morgan fingerprint density at radius 3 is 2.67 bits per heavy atom. The molecule has 2 rings (SSSR count). The van der Waals surface area contributed by atoms with Crippen molar-refractivity contribution in [2.24, 2.45) is 5.73 Å². The summed E-state index contributed by atoms with van der Waals surface area (Å²) in [6.07, 6.45) is 0.520. The Hall–Kier alpha value is -1.95. The van der Waals surface area contributed by atoms with Crippen molar-refractivity contribution in [2.45, 2.75) is 18.9 Å². The molecule has 94 valence electrons. The van der Waals surface area contributed by atoms with Gasteiger partial charge in [0.2, 0.25) is 5.91 Å². The van der Waals surface area contributed by atoms with E-state index in [4.69, 9.17) is 18.0 Å². The first-order valence-corrected chi connectivity index (χ1v) is 5.98. The van der Waals surface area contributed by atoms with Gasteiger partial charge in [-0.1, -0.05) is 18.2 Å². The number of benzene rings is 1. The molecule has 6 heteroatoms. The molecule has 1 aliphatic rings. The van der Waals surface area contributed by atoms with E-state index < -0.39 is 11.9 Å². The van der Waals surface area contributed by atoms with E-state index in [9.17, 15) is 9.59 Å². The molecule has 1 aromatic carbocycles. The summed E-state index contributed by atoms with van der Waals surface area (Å²) in [4.78, 5) is 24.3. The van der Waals surface area contributed by atoms with Gasteiger partial charge in [0, 0.05) is 6.42 Å². The highest BCUT2D eigenvalue weighted by Gasteiger charge is 2.36. The molecule has 1 aliphatic heterocycles. The Bertz CT molecular complexity index is 489. The van der Waals surface area contributed by atoms with Gasteiger partial charge < -0.3 is 11.1 Å². The Balaban J connectivity index is 2.12. The summed E-state index contributed by atoms with van der Waals surface area (Å²) in [5.41, 5.74) is 5.80. The summed E-state index contributed by atoms with van der Waals surface area (Å²) in [5, 5.41) is 3.27. The number of para-hydroxylation sites is 1. The molecule has 1 atom stereocenters. The van der Waals surface area contributed by atoms with E-state index in [1.807, 2.05) is 30.3 Å². The number of carbonyl (C=O) groups is 2. The third kappa shape index (κ3) is 2.48. The van der Waals surface area contributed by atoms with Gasteiger partial charge in [0.25, 0.3) is 5.91 Å². The second kappa shape index (κ2) is 5.14. The van der Waals surface area contributed by atoms with Gasteiger partial charge in [-0.2, -0.15) is 0 Å². The number of primary amides is 1. The molecule has 1 fully saturated rings. The molecule has 1 unspecified atom stereocenters. The van der Waals surface area contributed by atoms with Gasteiger partial charge in [-0.3, -0.25) is 14.5 Å². The molecule has 0 spiro atoms. The SMILES string of the molecule is NC(=O)CCC1NC(=S)N(c2ccccc2)C1=O. The molecule has 0 saturated carbocycles. The zero-order valence-electron chi connectivity index (χ0n) is 9.63. The number of rotatable bonds is 4. The van der Waals surface area contributed by atoms with Crippen molar-refractivity contribution in [3.63, 3.8) is 0 Å². The van der Waals surface area contributed by atoms with Crippen molar-refractivity contribution >= 4 is 34.8 Å². The Kier molecular flexibility index (Phi) is 3.57. The van der Waals surface area contributed by atoms with E-state index in [0.29, 0.717) is 11.5 Å². The lowest BCUT2D eigenvalue weighted by atomic mass is 10.1. The number of carbonyl (C=O) groups excluding carboxylic acids is 2. The fourth-order valence-electron chi connectivity index (χ4n) is 1.84. The van der Waals surface area contributed by atoms with Gasteiger partial charge in [0.05, 0.1) is 5.69 Å². The molecule has 1 heterocycles. The smallest absolute Gasteiger partial charge is 0.255 e. The highest BCUT2D eigenvalue weighted by molar-refractivity contribution is 7.80. The summed E-state index contributed by atoms with van der Waals surface area (Å²) >= 11 is 5.13. The molecule has 18 heavy (non-hydrogen) atoms. The quantitative estimate of drug-likeness (QED) is 0.778. The van der Waals surface area contributed by atoms with Gasteiger partial charge >= 0.3 is 0 Å². The van der Waals surface area contributed by atoms with Crippen LogP contribution >= 0.6 is 12.2 Å². The first-order chi connectivity index (χ1) is 8.59. The summed E-state index contributed by atoms with van der Waals surface area (Å²) in [6.45, 7) is 0. The van der Waals surface area contributed by atoms with Crippen LogP contribution in [-0.4, -0.2) is 23.0 Å². The van der Waals surface area contributed by atoms with Crippen molar-refractivity contribution in [3.8, 4) is 0 Å². The largest absolute Gasteiger partial charge is 0.370 e. The van der Waals surface area contributed by atoms with Gasteiger partial charge in [-0.25, -0.2) is 0 Å². The molecule has 0 aromatic heterocycles. The van der Waals surface area contributed by atoms with Crippen LogP contribution in [0, 0.1) is 0 Å². The lowest BCUT2D eigenvalue weighted by molar-refractivity contribution is -0.119. The molecule has 2 amide bonds. The Morgan fingerprint density at radius 2 is 2.06 bits per heavy atom. The molecule has 0 bridgehead atoms. The Labute approximate surface area is 110 Å². The number of hydrogen-bond acceptors (Lipinski definition) is 3. The van der Waals surface area contributed by atoms with Gasteiger partial charge in [-0.05, 0) is 30.8 Å². The van der Waals surface area contributed by atoms with Crippen LogP contribution in [0.2, 0.25) is 0 Å². The third-order valence-corrected chi connectivity index (χ3v) is 3.01. The molecule has 0 radical (unpaired) electrons. The Morgan fingerprint density at radius 1 is 1.39 bits per heavy atom. The zero-order chi connectivity index (χ0) is 13.1. The van der Waals surface area contributed by atoms with Gasteiger partial charge in [-0.15, -0.1) is 0 Å². The molecule has 0 aliphatic carbocycles. The monoisotopic (exact) mass is 263 g/mol. The molecule has 5 nitrogen and oxygen atoms in total.